The van der Waals surface area contributed by atoms with E-state index in [2.05, 4.69) is 12.2 Å². The van der Waals surface area contributed by atoms with E-state index in [1.54, 1.807) is 18.2 Å². The standard InChI is InChI=1S/C22H26FNO2/c1-3-16(2)26-18-12-10-17(11-13-18)24-21(25)22(14-6-7-15-22)19-8-4-5-9-20(19)23/h4-5,8-13,16H,3,6-7,14-15H2,1-2H3,(H,24,25)/t16-/m1/s1. The monoisotopic (exact) mass is 355 g/mol. The molecule has 0 radical (unpaired) electrons. The van der Waals surface area contributed by atoms with E-state index in [1.807, 2.05) is 31.2 Å². The molecule has 1 N–H and O–H groups in total. The fourth-order valence-electron chi connectivity index (χ4n) is 3.63. The van der Waals surface area contributed by atoms with Gasteiger partial charge in [-0.2, -0.15) is 0 Å². The van der Waals surface area contributed by atoms with Crippen LogP contribution < -0.4 is 10.1 Å². The molecule has 1 saturated carbocycles. The molecule has 26 heavy (non-hydrogen) atoms. The summed E-state index contributed by atoms with van der Waals surface area (Å²) < 4.78 is 20.2. The highest BCUT2D eigenvalue weighted by atomic mass is 19.1. The molecular formula is C22H26FNO2. The lowest BCUT2D eigenvalue weighted by Crippen LogP contribution is -2.38. The predicted octanol–water partition coefficient (Wildman–Crippen LogP) is 5.45. The lowest BCUT2D eigenvalue weighted by molar-refractivity contribution is -0.121. The number of carbonyl (C=O) groups excluding carboxylic acids is 1. The van der Waals surface area contributed by atoms with Gasteiger partial charge >= 0.3 is 0 Å². The van der Waals surface area contributed by atoms with Crippen molar-refractivity contribution < 1.29 is 13.9 Å². The summed E-state index contributed by atoms with van der Waals surface area (Å²) in [6.07, 6.45) is 4.30. The van der Waals surface area contributed by atoms with Crippen LogP contribution in [0.4, 0.5) is 10.1 Å². The molecule has 1 amide bonds. The van der Waals surface area contributed by atoms with Gasteiger partial charge in [0.1, 0.15) is 11.6 Å². The first-order valence-electron chi connectivity index (χ1n) is 9.38. The van der Waals surface area contributed by atoms with Gasteiger partial charge in [0, 0.05) is 11.3 Å². The summed E-state index contributed by atoms with van der Waals surface area (Å²) in [6.45, 7) is 4.09. The molecule has 0 saturated heterocycles. The maximum Gasteiger partial charge on any atom is 0.235 e. The zero-order valence-corrected chi connectivity index (χ0v) is 15.4. The van der Waals surface area contributed by atoms with Crippen molar-refractivity contribution in [1.29, 1.82) is 0 Å². The zero-order chi connectivity index (χ0) is 18.6. The second-order valence-electron chi connectivity index (χ2n) is 7.08. The molecular weight excluding hydrogens is 329 g/mol. The van der Waals surface area contributed by atoms with Gasteiger partial charge in [-0.25, -0.2) is 4.39 Å². The molecule has 1 fully saturated rings. The number of rotatable bonds is 6. The minimum Gasteiger partial charge on any atom is -0.491 e. The van der Waals surface area contributed by atoms with Crippen LogP contribution in [-0.4, -0.2) is 12.0 Å². The molecule has 138 valence electrons. The van der Waals surface area contributed by atoms with E-state index in [4.69, 9.17) is 4.74 Å². The lowest BCUT2D eigenvalue weighted by atomic mass is 9.77. The number of ether oxygens (including phenoxy) is 1. The number of anilines is 1. The average molecular weight is 355 g/mol. The minimum absolute atomic E-state index is 0.129. The molecule has 4 heteroatoms. The Morgan fingerprint density at radius 3 is 2.42 bits per heavy atom. The molecule has 0 aromatic heterocycles. The first-order valence-corrected chi connectivity index (χ1v) is 9.38. The summed E-state index contributed by atoms with van der Waals surface area (Å²) in [5.74, 6) is 0.347. The number of nitrogens with one attached hydrogen (secondary N) is 1. The van der Waals surface area contributed by atoms with E-state index in [-0.39, 0.29) is 17.8 Å². The molecule has 1 aliphatic carbocycles. The Hall–Kier alpha value is -2.36. The highest BCUT2D eigenvalue weighted by molar-refractivity contribution is 5.99. The largest absolute Gasteiger partial charge is 0.491 e. The van der Waals surface area contributed by atoms with Crippen LogP contribution in [0.2, 0.25) is 0 Å². The smallest absolute Gasteiger partial charge is 0.235 e. The van der Waals surface area contributed by atoms with Gasteiger partial charge in [0.15, 0.2) is 0 Å². The lowest BCUT2D eigenvalue weighted by Gasteiger charge is -2.28. The Kier molecular flexibility index (Phi) is 5.60. The molecule has 0 heterocycles. The Morgan fingerprint density at radius 2 is 1.81 bits per heavy atom. The molecule has 0 unspecified atom stereocenters. The van der Waals surface area contributed by atoms with Crippen molar-refractivity contribution in [2.24, 2.45) is 0 Å². The summed E-state index contributed by atoms with van der Waals surface area (Å²) in [4.78, 5) is 13.1. The molecule has 1 aliphatic rings. The number of benzene rings is 2. The quantitative estimate of drug-likeness (QED) is 0.748. The van der Waals surface area contributed by atoms with Crippen LogP contribution in [0.1, 0.15) is 51.5 Å². The van der Waals surface area contributed by atoms with Gasteiger partial charge in [0.05, 0.1) is 11.5 Å². The molecule has 0 bridgehead atoms. The van der Waals surface area contributed by atoms with Crippen molar-refractivity contribution in [1.82, 2.24) is 0 Å². The fraction of sp³-hybridized carbons (Fsp3) is 0.409. The van der Waals surface area contributed by atoms with Crippen molar-refractivity contribution >= 4 is 11.6 Å². The Balaban J connectivity index is 1.78. The van der Waals surface area contributed by atoms with Gasteiger partial charge in [0.25, 0.3) is 0 Å². The minimum atomic E-state index is -0.781. The van der Waals surface area contributed by atoms with Crippen LogP contribution in [0, 0.1) is 5.82 Å². The van der Waals surface area contributed by atoms with E-state index < -0.39 is 5.41 Å². The first-order chi connectivity index (χ1) is 12.5. The van der Waals surface area contributed by atoms with E-state index >= 15 is 0 Å². The highest BCUT2D eigenvalue weighted by Crippen LogP contribution is 2.43. The second kappa shape index (κ2) is 7.90. The van der Waals surface area contributed by atoms with Crippen LogP contribution in [0.5, 0.6) is 5.75 Å². The number of carbonyl (C=O) groups is 1. The van der Waals surface area contributed by atoms with E-state index in [9.17, 15) is 9.18 Å². The molecule has 1 atom stereocenters. The number of hydrogen-bond acceptors (Lipinski definition) is 2. The highest BCUT2D eigenvalue weighted by Gasteiger charge is 2.44. The normalized spacial score (nSPS) is 16.9. The Morgan fingerprint density at radius 1 is 1.15 bits per heavy atom. The van der Waals surface area contributed by atoms with Gasteiger partial charge in [-0.15, -0.1) is 0 Å². The predicted molar refractivity (Wildman–Crippen MR) is 102 cm³/mol. The Labute approximate surface area is 154 Å². The Bertz CT molecular complexity index is 751. The molecule has 3 nitrogen and oxygen atoms in total. The molecule has 2 aromatic rings. The number of amides is 1. The van der Waals surface area contributed by atoms with Crippen molar-refractivity contribution in [2.75, 3.05) is 5.32 Å². The number of hydrogen-bond donors (Lipinski definition) is 1. The van der Waals surface area contributed by atoms with Crippen LogP contribution in [0.15, 0.2) is 48.5 Å². The summed E-state index contributed by atoms with van der Waals surface area (Å²) >= 11 is 0. The van der Waals surface area contributed by atoms with Gasteiger partial charge in [-0.1, -0.05) is 38.0 Å². The topological polar surface area (TPSA) is 38.3 Å². The fourth-order valence-corrected chi connectivity index (χ4v) is 3.63. The summed E-state index contributed by atoms with van der Waals surface area (Å²) in [7, 11) is 0. The van der Waals surface area contributed by atoms with E-state index in [0.29, 0.717) is 24.1 Å². The van der Waals surface area contributed by atoms with Crippen LogP contribution in [0.3, 0.4) is 0 Å². The molecule has 2 aromatic carbocycles. The third kappa shape index (κ3) is 3.74. The van der Waals surface area contributed by atoms with E-state index in [1.165, 1.54) is 6.07 Å². The van der Waals surface area contributed by atoms with Crippen LogP contribution in [-0.2, 0) is 10.2 Å². The molecule has 0 aliphatic heterocycles. The van der Waals surface area contributed by atoms with Crippen molar-refractivity contribution in [3.8, 4) is 5.75 Å². The van der Waals surface area contributed by atoms with Crippen LogP contribution in [0.25, 0.3) is 0 Å². The number of halogens is 1. The first kappa shape index (κ1) is 18.4. The molecule has 3 rings (SSSR count). The van der Waals surface area contributed by atoms with Crippen LogP contribution >= 0.6 is 0 Å². The SMILES string of the molecule is CC[C@@H](C)Oc1ccc(NC(=O)C2(c3ccccc3F)CCCC2)cc1. The van der Waals surface area contributed by atoms with Gasteiger partial charge in [-0.05, 0) is 56.5 Å². The van der Waals surface area contributed by atoms with E-state index in [0.717, 1.165) is 25.0 Å². The van der Waals surface area contributed by atoms with Crippen molar-refractivity contribution in [3.63, 3.8) is 0 Å². The maximum atomic E-state index is 14.4. The third-order valence-corrected chi connectivity index (χ3v) is 5.31. The van der Waals surface area contributed by atoms with Crippen molar-refractivity contribution in [3.05, 3.63) is 59.9 Å². The molecule has 0 spiro atoms. The third-order valence-electron chi connectivity index (χ3n) is 5.31. The van der Waals surface area contributed by atoms with Gasteiger partial charge < -0.3 is 10.1 Å². The summed E-state index contributed by atoms with van der Waals surface area (Å²) in [5, 5.41) is 2.98. The average Bonchev–Trinajstić information content (AvgIpc) is 3.14. The van der Waals surface area contributed by atoms with Gasteiger partial charge in [-0.3, -0.25) is 4.79 Å². The van der Waals surface area contributed by atoms with Crippen molar-refractivity contribution in [2.45, 2.75) is 57.5 Å². The zero-order valence-electron chi connectivity index (χ0n) is 15.4. The second-order valence-corrected chi connectivity index (χ2v) is 7.08. The summed E-state index contributed by atoms with van der Waals surface area (Å²) in [6, 6.07) is 14.0. The van der Waals surface area contributed by atoms with Gasteiger partial charge in [0.2, 0.25) is 5.91 Å². The summed E-state index contributed by atoms with van der Waals surface area (Å²) in [5.41, 5.74) is 0.429. The maximum absolute atomic E-state index is 14.4.